The molecule has 0 saturated carbocycles. The van der Waals surface area contributed by atoms with Gasteiger partial charge in [-0.1, -0.05) is 18.2 Å². The first kappa shape index (κ1) is 11.6. The molecule has 1 heterocycles. The second-order valence-corrected chi connectivity index (χ2v) is 4.81. The quantitative estimate of drug-likeness (QED) is 0.737. The van der Waals surface area contributed by atoms with Crippen LogP contribution in [-0.2, 0) is 0 Å². The molecule has 96 valence electrons. The molecule has 0 saturated heterocycles. The van der Waals surface area contributed by atoms with E-state index in [0.717, 1.165) is 16.5 Å². The van der Waals surface area contributed by atoms with Crippen molar-refractivity contribution >= 4 is 22.4 Å². The zero-order valence-corrected chi connectivity index (χ0v) is 11.0. The van der Waals surface area contributed by atoms with Crippen molar-refractivity contribution in [1.29, 1.82) is 0 Å². The van der Waals surface area contributed by atoms with E-state index >= 15 is 0 Å². The van der Waals surface area contributed by atoms with Gasteiger partial charge in [0.05, 0.1) is 5.52 Å². The van der Waals surface area contributed by atoms with Crippen molar-refractivity contribution in [3.8, 4) is 11.1 Å². The first-order chi connectivity index (χ1) is 9.15. The highest BCUT2D eigenvalue weighted by Gasteiger charge is 2.05. The molecule has 3 aromatic rings. The fourth-order valence-electron chi connectivity index (χ4n) is 2.18. The molecule has 0 fully saturated rings. The predicted molar refractivity (Wildman–Crippen MR) is 80.3 cm³/mol. The predicted octanol–water partition coefficient (Wildman–Crippen LogP) is 2.88. The summed E-state index contributed by atoms with van der Waals surface area (Å²) in [4.78, 5) is 2.09. The van der Waals surface area contributed by atoms with Crippen LogP contribution in [0.3, 0.4) is 0 Å². The summed E-state index contributed by atoms with van der Waals surface area (Å²) in [6, 6.07) is 14.6. The van der Waals surface area contributed by atoms with Crippen LogP contribution >= 0.6 is 0 Å². The van der Waals surface area contributed by atoms with Gasteiger partial charge in [-0.3, -0.25) is 5.10 Å². The maximum atomic E-state index is 5.85. The van der Waals surface area contributed by atoms with Crippen molar-refractivity contribution in [2.75, 3.05) is 24.7 Å². The van der Waals surface area contributed by atoms with E-state index in [2.05, 4.69) is 51.5 Å². The summed E-state index contributed by atoms with van der Waals surface area (Å²) in [6.45, 7) is 0. The number of nitrogen functional groups attached to an aromatic ring is 1. The Morgan fingerprint density at radius 1 is 1.05 bits per heavy atom. The van der Waals surface area contributed by atoms with Crippen molar-refractivity contribution in [1.82, 2.24) is 10.2 Å². The van der Waals surface area contributed by atoms with E-state index in [4.69, 9.17) is 5.73 Å². The summed E-state index contributed by atoms with van der Waals surface area (Å²) < 4.78 is 0. The molecule has 0 atom stereocenters. The van der Waals surface area contributed by atoms with Crippen molar-refractivity contribution in [3.05, 3.63) is 42.5 Å². The summed E-state index contributed by atoms with van der Waals surface area (Å²) in [5.74, 6) is 0.542. The molecule has 4 nitrogen and oxygen atoms in total. The Morgan fingerprint density at radius 2 is 1.84 bits per heavy atom. The molecule has 4 heteroatoms. The van der Waals surface area contributed by atoms with E-state index < -0.39 is 0 Å². The van der Waals surface area contributed by atoms with Crippen LogP contribution in [0.15, 0.2) is 42.5 Å². The highest BCUT2D eigenvalue weighted by atomic mass is 15.1. The van der Waals surface area contributed by atoms with Gasteiger partial charge in [-0.25, -0.2) is 0 Å². The van der Waals surface area contributed by atoms with Crippen molar-refractivity contribution < 1.29 is 0 Å². The minimum atomic E-state index is 0.542. The summed E-state index contributed by atoms with van der Waals surface area (Å²) in [7, 11) is 4.08. The Hall–Kier alpha value is -2.49. The molecule has 3 rings (SSSR count). The van der Waals surface area contributed by atoms with Crippen molar-refractivity contribution in [3.63, 3.8) is 0 Å². The first-order valence-electron chi connectivity index (χ1n) is 6.16. The number of nitrogens with two attached hydrogens (primary N) is 1. The maximum absolute atomic E-state index is 5.85. The number of hydrogen-bond donors (Lipinski definition) is 2. The van der Waals surface area contributed by atoms with Gasteiger partial charge in [-0.05, 0) is 35.4 Å². The largest absolute Gasteiger partial charge is 0.382 e. The summed E-state index contributed by atoms with van der Waals surface area (Å²) in [5, 5.41) is 7.90. The number of aromatic amines is 1. The molecule has 0 aliphatic rings. The lowest BCUT2D eigenvalue weighted by atomic mass is 10.0. The Labute approximate surface area is 111 Å². The zero-order chi connectivity index (χ0) is 13.4. The van der Waals surface area contributed by atoms with E-state index in [-0.39, 0.29) is 0 Å². The van der Waals surface area contributed by atoms with Gasteiger partial charge in [0.25, 0.3) is 0 Å². The van der Waals surface area contributed by atoms with Gasteiger partial charge in [0.15, 0.2) is 5.82 Å². The van der Waals surface area contributed by atoms with Gasteiger partial charge in [-0.15, -0.1) is 0 Å². The summed E-state index contributed by atoms with van der Waals surface area (Å²) in [6.07, 6.45) is 0. The number of nitrogens with zero attached hydrogens (tertiary/aromatic N) is 2. The monoisotopic (exact) mass is 252 g/mol. The lowest BCUT2D eigenvalue weighted by Crippen LogP contribution is -2.08. The third-order valence-electron chi connectivity index (χ3n) is 3.29. The second kappa shape index (κ2) is 4.31. The number of fused-ring (bicyclic) bond motifs is 1. The third kappa shape index (κ3) is 2.01. The number of nitrogens with one attached hydrogen (secondary N) is 1. The van der Waals surface area contributed by atoms with Gasteiger partial charge >= 0.3 is 0 Å². The van der Waals surface area contributed by atoms with E-state index in [9.17, 15) is 0 Å². The topological polar surface area (TPSA) is 57.9 Å². The molecule has 0 aliphatic carbocycles. The van der Waals surface area contributed by atoms with E-state index in [1.807, 2.05) is 20.2 Å². The summed E-state index contributed by atoms with van der Waals surface area (Å²) in [5.41, 5.74) is 10.3. The van der Waals surface area contributed by atoms with E-state index in [0.29, 0.717) is 5.82 Å². The standard InChI is InChI=1S/C15H16N4/c1-19(2)12-5-3-4-10(8-12)11-6-7-14-13(9-11)15(16)18-17-14/h3-9H,1-2H3,(H3,16,17,18). The van der Waals surface area contributed by atoms with Crippen LogP contribution in [0.1, 0.15) is 0 Å². The van der Waals surface area contributed by atoms with Crippen molar-refractivity contribution in [2.45, 2.75) is 0 Å². The minimum Gasteiger partial charge on any atom is -0.382 e. The minimum absolute atomic E-state index is 0.542. The zero-order valence-electron chi connectivity index (χ0n) is 11.0. The number of benzene rings is 2. The fraction of sp³-hybridized carbons (Fsp3) is 0.133. The number of hydrogen-bond acceptors (Lipinski definition) is 3. The number of H-pyrrole nitrogens is 1. The van der Waals surface area contributed by atoms with E-state index in [1.54, 1.807) is 0 Å². The van der Waals surface area contributed by atoms with Gasteiger partial charge in [0, 0.05) is 25.2 Å². The molecule has 0 bridgehead atoms. The molecule has 1 aromatic heterocycles. The smallest absolute Gasteiger partial charge is 0.153 e. The average Bonchev–Trinajstić information content (AvgIpc) is 2.80. The van der Waals surface area contributed by atoms with Crippen LogP contribution in [0.4, 0.5) is 11.5 Å². The molecule has 0 radical (unpaired) electrons. The molecular formula is C15H16N4. The molecule has 2 aromatic carbocycles. The van der Waals surface area contributed by atoms with Crippen LogP contribution in [-0.4, -0.2) is 24.3 Å². The van der Waals surface area contributed by atoms with Crippen LogP contribution in [0.5, 0.6) is 0 Å². The average molecular weight is 252 g/mol. The Bertz CT molecular complexity index is 728. The van der Waals surface area contributed by atoms with Gasteiger partial charge in [-0.2, -0.15) is 5.10 Å². The number of rotatable bonds is 2. The second-order valence-electron chi connectivity index (χ2n) is 4.81. The first-order valence-corrected chi connectivity index (χ1v) is 6.16. The Kier molecular flexibility index (Phi) is 2.63. The normalized spacial score (nSPS) is 10.8. The van der Waals surface area contributed by atoms with Gasteiger partial charge < -0.3 is 10.6 Å². The van der Waals surface area contributed by atoms with Crippen LogP contribution in [0, 0.1) is 0 Å². The molecule has 0 amide bonds. The van der Waals surface area contributed by atoms with Crippen molar-refractivity contribution in [2.24, 2.45) is 0 Å². The Balaban J connectivity index is 2.13. The van der Waals surface area contributed by atoms with E-state index in [1.165, 1.54) is 11.3 Å². The molecule has 0 unspecified atom stereocenters. The maximum Gasteiger partial charge on any atom is 0.153 e. The highest BCUT2D eigenvalue weighted by molar-refractivity contribution is 5.92. The lowest BCUT2D eigenvalue weighted by molar-refractivity contribution is 1.13. The van der Waals surface area contributed by atoms with Gasteiger partial charge in [0.2, 0.25) is 0 Å². The molecule has 0 aliphatic heterocycles. The van der Waals surface area contributed by atoms with Crippen LogP contribution in [0.2, 0.25) is 0 Å². The van der Waals surface area contributed by atoms with Crippen LogP contribution in [0.25, 0.3) is 22.0 Å². The Morgan fingerprint density at radius 3 is 2.63 bits per heavy atom. The fourth-order valence-corrected chi connectivity index (χ4v) is 2.18. The van der Waals surface area contributed by atoms with Gasteiger partial charge in [0.1, 0.15) is 0 Å². The highest BCUT2D eigenvalue weighted by Crippen LogP contribution is 2.28. The molecule has 0 spiro atoms. The summed E-state index contributed by atoms with van der Waals surface area (Å²) >= 11 is 0. The lowest BCUT2D eigenvalue weighted by Gasteiger charge is -2.13. The SMILES string of the molecule is CN(C)c1cccc(-c2ccc3[nH]nc(N)c3c2)c1. The molecular weight excluding hydrogens is 236 g/mol. The number of aromatic nitrogens is 2. The third-order valence-corrected chi connectivity index (χ3v) is 3.29. The molecule has 3 N–H and O–H groups in total. The molecule has 19 heavy (non-hydrogen) atoms. The van der Waals surface area contributed by atoms with Crippen LogP contribution < -0.4 is 10.6 Å². The number of anilines is 2.